The molecule has 3 heteroatoms. The van der Waals surface area contributed by atoms with Gasteiger partial charge < -0.3 is 5.32 Å². The third-order valence-corrected chi connectivity index (χ3v) is 3.26. The molecule has 1 atom stereocenters. The maximum absolute atomic E-state index is 12.0. The zero-order valence-electron chi connectivity index (χ0n) is 10.0. The number of benzene rings is 1. The van der Waals surface area contributed by atoms with Crippen LogP contribution in [-0.2, 0) is 4.79 Å². The van der Waals surface area contributed by atoms with E-state index in [1.807, 2.05) is 38.1 Å². The number of anilines is 1. The molecule has 0 aliphatic heterocycles. The molecular formula is C13H18BrNO. The highest BCUT2D eigenvalue weighted by Crippen LogP contribution is 2.25. The molecule has 16 heavy (non-hydrogen) atoms. The number of carbonyl (C=O) groups is 1. The van der Waals surface area contributed by atoms with Gasteiger partial charge in [-0.2, -0.15) is 0 Å². The summed E-state index contributed by atoms with van der Waals surface area (Å²) in [6.45, 7) is 6.00. The fraction of sp³-hybridized carbons (Fsp3) is 0.462. The number of nitrogens with one attached hydrogen (secondary N) is 1. The summed E-state index contributed by atoms with van der Waals surface area (Å²) in [6, 6.07) is 7.81. The minimum absolute atomic E-state index is 0.0122. The Labute approximate surface area is 106 Å². The van der Waals surface area contributed by atoms with E-state index in [9.17, 15) is 4.79 Å². The van der Waals surface area contributed by atoms with Crippen molar-refractivity contribution in [2.75, 3.05) is 5.32 Å². The Hall–Kier alpha value is -0.830. The summed E-state index contributed by atoms with van der Waals surface area (Å²) in [6.07, 6.45) is 1.80. The maximum Gasteiger partial charge on any atom is 0.240 e. The van der Waals surface area contributed by atoms with E-state index in [0.29, 0.717) is 0 Å². The van der Waals surface area contributed by atoms with Crippen molar-refractivity contribution in [2.45, 2.75) is 37.9 Å². The SMILES string of the molecule is CCCC(C)(Br)C(=O)Nc1ccc(C)cc1. The van der Waals surface area contributed by atoms with Gasteiger partial charge in [-0.15, -0.1) is 0 Å². The minimum Gasteiger partial charge on any atom is -0.325 e. The van der Waals surface area contributed by atoms with Gasteiger partial charge in [-0.25, -0.2) is 0 Å². The summed E-state index contributed by atoms with van der Waals surface area (Å²) in [4.78, 5) is 12.0. The predicted molar refractivity (Wildman–Crippen MR) is 72.0 cm³/mol. The van der Waals surface area contributed by atoms with Crippen LogP contribution in [-0.4, -0.2) is 10.2 Å². The van der Waals surface area contributed by atoms with E-state index in [-0.39, 0.29) is 5.91 Å². The molecule has 1 aromatic carbocycles. The number of alkyl halides is 1. The number of halogens is 1. The molecular weight excluding hydrogens is 266 g/mol. The van der Waals surface area contributed by atoms with Gasteiger partial charge in [0.1, 0.15) is 4.32 Å². The highest BCUT2D eigenvalue weighted by atomic mass is 79.9. The third kappa shape index (κ3) is 3.63. The number of hydrogen-bond donors (Lipinski definition) is 1. The molecule has 0 heterocycles. The fourth-order valence-electron chi connectivity index (χ4n) is 1.48. The number of amides is 1. The van der Waals surface area contributed by atoms with Crippen molar-refractivity contribution in [3.63, 3.8) is 0 Å². The smallest absolute Gasteiger partial charge is 0.240 e. The normalized spacial score (nSPS) is 14.2. The Morgan fingerprint density at radius 2 is 1.94 bits per heavy atom. The summed E-state index contributed by atoms with van der Waals surface area (Å²) in [7, 11) is 0. The van der Waals surface area contributed by atoms with Crippen LogP contribution in [0.2, 0.25) is 0 Å². The van der Waals surface area contributed by atoms with Gasteiger partial charge in [-0.3, -0.25) is 4.79 Å². The summed E-state index contributed by atoms with van der Waals surface area (Å²) in [5.74, 6) is 0.0122. The van der Waals surface area contributed by atoms with Gasteiger partial charge in [-0.1, -0.05) is 47.0 Å². The van der Waals surface area contributed by atoms with E-state index in [4.69, 9.17) is 0 Å². The fourth-order valence-corrected chi connectivity index (χ4v) is 1.98. The largest absolute Gasteiger partial charge is 0.325 e. The second-order valence-electron chi connectivity index (χ2n) is 4.27. The van der Waals surface area contributed by atoms with Crippen LogP contribution in [0.5, 0.6) is 0 Å². The molecule has 88 valence electrons. The van der Waals surface area contributed by atoms with Gasteiger partial charge >= 0.3 is 0 Å². The van der Waals surface area contributed by atoms with Crippen LogP contribution in [0.1, 0.15) is 32.3 Å². The van der Waals surface area contributed by atoms with Gasteiger partial charge in [0, 0.05) is 5.69 Å². The molecule has 2 nitrogen and oxygen atoms in total. The third-order valence-electron chi connectivity index (χ3n) is 2.50. The molecule has 1 amide bonds. The first-order valence-electron chi connectivity index (χ1n) is 5.53. The van der Waals surface area contributed by atoms with E-state index in [1.54, 1.807) is 0 Å². The van der Waals surface area contributed by atoms with Crippen molar-refractivity contribution in [1.82, 2.24) is 0 Å². The van der Waals surface area contributed by atoms with Gasteiger partial charge in [0.25, 0.3) is 0 Å². The molecule has 1 rings (SSSR count). The molecule has 0 saturated heterocycles. The van der Waals surface area contributed by atoms with E-state index in [0.717, 1.165) is 18.5 Å². The van der Waals surface area contributed by atoms with Gasteiger partial charge in [0.15, 0.2) is 0 Å². The van der Waals surface area contributed by atoms with Gasteiger partial charge in [-0.05, 0) is 32.4 Å². The van der Waals surface area contributed by atoms with Crippen LogP contribution < -0.4 is 5.32 Å². The lowest BCUT2D eigenvalue weighted by atomic mass is 10.1. The molecule has 0 aliphatic rings. The van der Waals surface area contributed by atoms with Crippen molar-refractivity contribution in [2.24, 2.45) is 0 Å². The first-order valence-corrected chi connectivity index (χ1v) is 6.32. The number of aryl methyl sites for hydroxylation is 1. The van der Waals surface area contributed by atoms with Crippen LogP contribution in [0, 0.1) is 6.92 Å². The molecule has 0 radical (unpaired) electrons. The molecule has 1 aromatic rings. The summed E-state index contributed by atoms with van der Waals surface area (Å²) < 4.78 is -0.480. The van der Waals surface area contributed by atoms with E-state index < -0.39 is 4.32 Å². The highest BCUT2D eigenvalue weighted by molar-refractivity contribution is 9.10. The van der Waals surface area contributed by atoms with Crippen LogP contribution >= 0.6 is 15.9 Å². The molecule has 0 saturated carbocycles. The molecule has 0 bridgehead atoms. The Morgan fingerprint density at radius 3 is 2.44 bits per heavy atom. The topological polar surface area (TPSA) is 29.1 Å². The molecule has 0 aliphatic carbocycles. The lowest BCUT2D eigenvalue weighted by molar-refractivity contribution is -0.118. The average molecular weight is 284 g/mol. The second-order valence-corrected chi connectivity index (χ2v) is 6.02. The summed E-state index contributed by atoms with van der Waals surface area (Å²) >= 11 is 3.47. The van der Waals surface area contributed by atoms with E-state index in [1.165, 1.54) is 5.56 Å². The highest BCUT2D eigenvalue weighted by Gasteiger charge is 2.28. The van der Waals surface area contributed by atoms with Crippen molar-refractivity contribution in [1.29, 1.82) is 0 Å². The lowest BCUT2D eigenvalue weighted by Crippen LogP contribution is -2.34. The van der Waals surface area contributed by atoms with Crippen molar-refractivity contribution in [3.8, 4) is 0 Å². The Bertz CT molecular complexity index is 357. The number of rotatable bonds is 4. The van der Waals surface area contributed by atoms with E-state index >= 15 is 0 Å². The average Bonchev–Trinajstić information content (AvgIpc) is 2.21. The van der Waals surface area contributed by atoms with Crippen molar-refractivity contribution < 1.29 is 4.79 Å². The lowest BCUT2D eigenvalue weighted by Gasteiger charge is -2.20. The Kier molecular flexibility index (Phi) is 4.54. The standard InChI is InChI=1S/C13H18BrNO/c1-4-9-13(3,14)12(16)15-11-7-5-10(2)6-8-11/h5-8H,4,9H2,1-3H3,(H,15,16). The summed E-state index contributed by atoms with van der Waals surface area (Å²) in [5, 5.41) is 2.91. The molecule has 0 spiro atoms. The zero-order chi connectivity index (χ0) is 12.2. The summed E-state index contributed by atoms with van der Waals surface area (Å²) in [5.41, 5.74) is 2.03. The van der Waals surface area contributed by atoms with Crippen molar-refractivity contribution >= 4 is 27.5 Å². The van der Waals surface area contributed by atoms with Crippen LogP contribution in [0.15, 0.2) is 24.3 Å². The van der Waals surface area contributed by atoms with Crippen LogP contribution in [0.3, 0.4) is 0 Å². The molecule has 0 aromatic heterocycles. The second kappa shape index (κ2) is 5.48. The Morgan fingerprint density at radius 1 is 1.38 bits per heavy atom. The maximum atomic E-state index is 12.0. The Balaban J connectivity index is 2.67. The van der Waals surface area contributed by atoms with Gasteiger partial charge in [0.05, 0.1) is 0 Å². The molecule has 0 fully saturated rings. The van der Waals surface area contributed by atoms with Gasteiger partial charge in [0.2, 0.25) is 5.91 Å². The molecule has 1 unspecified atom stereocenters. The monoisotopic (exact) mass is 283 g/mol. The molecule has 1 N–H and O–H groups in total. The quantitative estimate of drug-likeness (QED) is 0.835. The predicted octanol–water partition coefficient (Wildman–Crippen LogP) is 3.89. The van der Waals surface area contributed by atoms with Crippen LogP contribution in [0.25, 0.3) is 0 Å². The van der Waals surface area contributed by atoms with E-state index in [2.05, 4.69) is 28.2 Å². The first-order chi connectivity index (χ1) is 7.45. The minimum atomic E-state index is -0.480. The number of hydrogen-bond acceptors (Lipinski definition) is 1. The zero-order valence-corrected chi connectivity index (χ0v) is 11.6. The van der Waals surface area contributed by atoms with Crippen LogP contribution in [0.4, 0.5) is 5.69 Å². The number of carbonyl (C=O) groups excluding carboxylic acids is 1. The van der Waals surface area contributed by atoms with Crippen molar-refractivity contribution in [3.05, 3.63) is 29.8 Å². The first kappa shape index (κ1) is 13.2.